The molecule has 0 radical (unpaired) electrons. The van der Waals surface area contributed by atoms with E-state index >= 15 is 0 Å². The molecule has 0 saturated heterocycles. The lowest BCUT2D eigenvalue weighted by atomic mass is 9.92. The van der Waals surface area contributed by atoms with Crippen LogP contribution in [0, 0.1) is 11.8 Å². The number of ether oxygens (including phenoxy) is 1. The van der Waals surface area contributed by atoms with Crippen molar-refractivity contribution in [1.29, 1.82) is 0 Å². The quantitative estimate of drug-likeness (QED) is 0.748. The van der Waals surface area contributed by atoms with Crippen LogP contribution in [0.2, 0.25) is 0 Å². The predicted molar refractivity (Wildman–Crippen MR) is 64.9 cm³/mol. The molecule has 5 heteroatoms. The molecule has 0 aliphatic heterocycles. The van der Waals surface area contributed by atoms with Gasteiger partial charge < -0.3 is 14.9 Å². The first kappa shape index (κ1) is 15.0. The van der Waals surface area contributed by atoms with Gasteiger partial charge in [0, 0.05) is 6.42 Å². The highest BCUT2D eigenvalue weighted by molar-refractivity contribution is 5.72. The minimum Gasteiger partial charge on any atom is -0.481 e. The molecule has 104 valence electrons. The Morgan fingerprint density at radius 1 is 1.28 bits per heavy atom. The molecule has 1 unspecified atom stereocenters. The maximum absolute atomic E-state index is 11.5. The minimum absolute atomic E-state index is 0.134. The summed E-state index contributed by atoms with van der Waals surface area (Å²) in [6.07, 6.45) is 0.852. The van der Waals surface area contributed by atoms with E-state index in [2.05, 4.69) is 0 Å². The summed E-state index contributed by atoms with van der Waals surface area (Å²) in [7, 11) is 0. The topological polar surface area (TPSA) is 83.8 Å². The lowest BCUT2D eigenvalue weighted by molar-refractivity contribution is -0.155. The summed E-state index contributed by atoms with van der Waals surface area (Å²) in [4.78, 5) is 22.5. The molecule has 0 amide bonds. The molecular formula is C13H22O5. The maximum Gasteiger partial charge on any atom is 0.306 e. The van der Waals surface area contributed by atoms with Gasteiger partial charge in [0.2, 0.25) is 0 Å². The molecule has 5 nitrogen and oxygen atoms in total. The number of hydrogen-bond donors (Lipinski definition) is 2. The second-order valence-corrected chi connectivity index (χ2v) is 5.96. The SMILES string of the molecule is CC(C)(C)OC(=O)CCC1C[C@H](O)C[C@H]1C(=O)O. The summed E-state index contributed by atoms with van der Waals surface area (Å²) in [5.41, 5.74) is -0.515. The number of esters is 1. The Morgan fingerprint density at radius 2 is 1.89 bits per heavy atom. The van der Waals surface area contributed by atoms with E-state index in [1.54, 1.807) is 20.8 Å². The van der Waals surface area contributed by atoms with Gasteiger partial charge in [-0.3, -0.25) is 9.59 Å². The van der Waals surface area contributed by atoms with Gasteiger partial charge in [-0.2, -0.15) is 0 Å². The fourth-order valence-electron chi connectivity index (χ4n) is 2.41. The van der Waals surface area contributed by atoms with Crippen LogP contribution in [0.5, 0.6) is 0 Å². The van der Waals surface area contributed by atoms with Gasteiger partial charge in [0.25, 0.3) is 0 Å². The average molecular weight is 258 g/mol. The molecule has 1 rings (SSSR count). The zero-order valence-corrected chi connectivity index (χ0v) is 11.2. The molecule has 0 spiro atoms. The number of aliphatic carboxylic acids is 1. The molecule has 3 atom stereocenters. The first-order valence-corrected chi connectivity index (χ1v) is 6.32. The fraction of sp³-hybridized carbons (Fsp3) is 0.846. The molecule has 2 N–H and O–H groups in total. The van der Waals surface area contributed by atoms with E-state index in [9.17, 15) is 14.7 Å². The van der Waals surface area contributed by atoms with Crippen molar-refractivity contribution in [3.63, 3.8) is 0 Å². The second kappa shape index (κ2) is 5.69. The number of hydrogen-bond acceptors (Lipinski definition) is 4. The highest BCUT2D eigenvalue weighted by Crippen LogP contribution is 2.35. The molecular weight excluding hydrogens is 236 g/mol. The summed E-state index contributed by atoms with van der Waals surface area (Å²) in [5.74, 6) is -1.87. The highest BCUT2D eigenvalue weighted by atomic mass is 16.6. The van der Waals surface area contributed by atoms with Gasteiger partial charge in [0.1, 0.15) is 5.60 Å². The third kappa shape index (κ3) is 4.64. The molecule has 0 aromatic heterocycles. The molecule has 0 bridgehead atoms. The van der Waals surface area contributed by atoms with Gasteiger partial charge in [-0.05, 0) is 46.0 Å². The third-order valence-corrected chi connectivity index (χ3v) is 3.13. The van der Waals surface area contributed by atoms with Crippen LogP contribution in [-0.2, 0) is 14.3 Å². The highest BCUT2D eigenvalue weighted by Gasteiger charge is 2.38. The molecule has 1 fully saturated rings. The zero-order valence-electron chi connectivity index (χ0n) is 11.2. The van der Waals surface area contributed by atoms with Crippen molar-refractivity contribution in [1.82, 2.24) is 0 Å². The van der Waals surface area contributed by atoms with E-state index in [4.69, 9.17) is 9.84 Å². The van der Waals surface area contributed by atoms with E-state index < -0.39 is 23.6 Å². The summed E-state index contributed by atoms with van der Waals surface area (Å²) < 4.78 is 5.17. The second-order valence-electron chi connectivity index (χ2n) is 5.96. The first-order valence-electron chi connectivity index (χ1n) is 6.32. The van der Waals surface area contributed by atoms with Crippen LogP contribution in [0.25, 0.3) is 0 Å². The summed E-state index contributed by atoms with van der Waals surface area (Å²) in [5, 5.41) is 18.5. The van der Waals surface area contributed by atoms with Crippen LogP contribution in [0.4, 0.5) is 0 Å². The summed E-state index contributed by atoms with van der Waals surface area (Å²) in [6, 6.07) is 0. The van der Waals surface area contributed by atoms with Crippen molar-refractivity contribution < 1.29 is 24.5 Å². The van der Waals surface area contributed by atoms with Gasteiger partial charge in [-0.15, -0.1) is 0 Å². The van der Waals surface area contributed by atoms with Crippen LogP contribution < -0.4 is 0 Å². The molecule has 1 saturated carbocycles. The van der Waals surface area contributed by atoms with E-state index in [0.717, 1.165) is 0 Å². The fourth-order valence-corrected chi connectivity index (χ4v) is 2.41. The Hall–Kier alpha value is -1.10. The minimum atomic E-state index is -0.888. The Labute approximate surface area is 107 Å². The van der Waals surface area contributed by atoms with Crippen molar-refractivity contribution in [3.05, 3.63) is 0 Å². The van der Waals surface area contributed by atoms with Crippen molar-refractivity contribution in [2.45, 2.75) is 58.2 Å². The van der Waals surface area contributed by atoms with E-state index in [-0.39, 0.29) is 24.7 Å². The Kier molecular flexibility index (Phi) is 4.73. The maximum atomic E-state index is 11.5. The Morgan fingerprint density at radius 3 is 2.39 bits per heavy atom. The van der Waals surface area contributed by atoms with Gasteiger partial charge in [0.15, 0.2) is 0 Å². The smallest absolute Gasteiger partial charge is 0.306 e. The van der Waals surface area contributed by atoms with E-state index in [1.807, 2.05) is 0 Å². The standard InChI is InChI=1S/C13H22O5/c1-13(2,3)18-11(15)5-4-8-6-9(14)7-10(8)12(16)17/h8-10,14H,4-7H2,1-3H3,(H,16,17)/t8?,9-,10+/m0/s1. The van der Waals surface area contributed by atoms with E-state index in [1.165, 1.54) is 0 Å². The number of aliphatic hydroxyl groups is 1. The van der Waals surface area contributed by atoms with Gasteiger partial charge >= 0.3 is 11.9 Å². The zero-order chi connectivity index (χ0) is 13.9. The third-order valence-electron chi connectivity index (χ3n) is 3.13. The number of carbonyl (C=O) groups is 2. The van der Waals surface area contributed by atoms with Gasteiger partial charge in [-0.25, -0.2) is 0 Å². The first-order chi connectivity index (χ1) is 8.19. The number of aliphatic hydroxyl groups excluding tert-OH is 1. The van der Waals surface area contributed by atoms with Crippen molar-refractivity contribution in [2.75, 3.05) is 0 Å². The molecule has 0 heterocycles. The molecule has 18 heavy (non-hydrogen) atoms. The van der Waals surface area contributed by atoms with Crippen molar-refractivity contribution in [3.8, 4) is 0 Å². The van der Waals surface area contributed by atoms with Crippen LogP contribution in [-0.4, -0.2) is 33.9 Å². The lowest BCUT2D eigenvalue weighted by Gasteiger charge is -2.20. The average Bonchev–Trinajstić information content (AvgIpc) is 2.54. The van der Waals surface area contributed by atoms with Crippen LogP contribution >= 0.6 is 0 Å². The Balaban J connectivity index is 2.43. The lowest BCUT2D eigenvalue weighted by Crippen LogP contribution is -2.25. The van der Waals surface area contributed by atoms with Crippen LogP contribution in [0.15, 0.2) is 0 Å². The molecule has 0 aromatic rings. The van der Waals surface area contributed by atoms with Crippen LogP contribution in [0.3, 0.4) is 0 Å². The molecule has 1 aliphatic rings. The van der Waals surface area contributed by atoms with Gasteiger partial charge in [0.05, 0.1) is 12.0 Å². The normalized spacial score (nSPS) is 28.1. The number of carboxylic acid groups (broad SMARTS) is 1. The molecule has 0 aromatic carbocycles. The monoisotopic (exact) mass is 258 g/mol. The largest absolute Gasteiger partial charge is 0.481 e. The van der Waals surface area contributed by atoms with Crippen LogP contribution in [0.1, 0.15) is 46.5 Å². The number of carboxylic acids is 1. The van der Waals surface area contributed by atoms with E-state index in [0.29, 0.717) is 12.8 Å². The Bertz CT molecular complexity index is 318. The molecule has 1 aliphatic carbocycles. The summed E-state index contributed by atoms with van der Waals surface area (Å²) >= 11 is 0. The van der Waals surface area contributed by atoms with Gasteiger partial charge in [-0.1, -0.05) is 0 Å². The number of rotatable bonds is 4. The number of carbonyl (C=O) groups excluding carboxylic acids is 1. The van der Waals surface area contributed by atoms with Crippen molar-refractivity contribution in [2.24, 2.45) is 11.8 Å². The summed E-state index contributed by atoms with van der Waals surface area (Å²) in [6.45, 7) is 5.39. The van der Waals surface area contributed by atoms with Crippen molar-refractivity contribution >= 4 is 11.9 Å². The predicted octanol–water partition coefficient (Wildman–Crippen LogP) is 1.58.